The predicted molar refractivity (Wildman–Crippen MR) is 134 cm³/mol. The van der Waals surface area contributed by atoms with Crippen LogP contribution in [0.15, 0.2) is 54.9 Å². The van der Waals surface area contributed by atoms with Crippen LogP contribution in [0, 0.1) is 29.6 Å². The number of aromatic nitrogens is 2. The fourth-order valence-corrected chi connectivity index (χ4v) is 4.37. The Morgan fingerprint density at radius 1 is 1.00 bits per heavy atom. The summed E-state index contributed by atoms with van der Waals surface area (Å²) in [4.78, 5) is 35.0. The molecule has 0 aliphatic rings. The van der Waals surface area contributed by atoms with E-state index in [0.29, 0.717) is 27.3 Å². The number of thiophene rings is 1. The van der Waals surface area contributed by atoms with Gasteiger partial charge in [0.1, 0.15) is 26.9 Å². The molecule has 172 valence electrons. The first-order chi connectivity index (χ1) is 16.7. The average molecular weight is 481 g/mol. The Hall–Kier alpha value is -4.60. The molecule has 2 heterocycles. The van der Waals surface area contributed by atoms with Gasteiger partial charge in [-0.2, -0.15) is 10.5 Å². The molecule has 9 heteroatoms. The van der Waals surface area contributed by atoms with Gasteiger partial charge in [0.15, 0.2) is 0 Å². The van der Waals surface area contributed by atoms with Crippen LogP contribution >= 0.6 is 11.3 Å². The molecule has 2 aromatic heterocycles. The summed E-state index contributed by atoms with van der Waals surface area (Å²) in [5.74, 6) is -0.792. The number of hydrogen-bond acceptors (Lipinski definition) is 7. The molecule has 0 fully saturated rings. The van der Waals surface area contributed by atoms with Gasteiger partial charge in [0.25, 0.3) is 11.8 Å². The van der Waals surface area contributed by atoms with E-state index in [1.165, 1.54) is 12.4 Å². The molecule has 0 radical (unpaired) electrons. The van der Waals surface area contributed by atoms with Crippen LogP contribution in [-0.4, -0.2) is 21.8 Å². The molecule has 8 nitrogen and oxygen atoms in total. The number of anilines is 2. The topological polar surface area (TPSA) is 132 Å². The first kappa shape index (κ1) is 23.6. The Bertz CT molecular complexity index is 1560. The normalized spacial score (nSPS) is 10.9. The van der Waals surface area contributed by atoms with Crippen molar-refractivity contribution in [3.63, 3.8) is 0 Å². The van der Waals surface area contributed by atoms with E-state index in [1.807, 2.05) is 19.1 Å². The molecule has 4 rings (SSSR count). The SMILES string of the molecule is Cc1ccc(NC(=O)c2cccc(C(C)(C)C#N)c2)cc1NC(=O)c1sc2nccnc2c1C#N. The van der Waals surface area contributed by atoms with Crippen molar-refractivity contribution in [2.24, 2.45) is 0 Å². The molecule has 4 aromatic rings. The van der Waals surface area contributed by atoms with Gasteiger partial charge in [-0.3, -0.25) is 14.6 Å². The first-order valence-electron chi connectivity index (χ1n) is 10.6. The van der Waals surface area contributed by atoms with Crippen molar-refractivity contribution in [3.05, 3.63) is 82.0 Å². The van der Waals surface area contributed by atoms with Crippen LogP contribution in [0.4, 0.5) is 11.4 Å². The van der Waals surface area contributed by atoms with Gasteiger partial charge in [-0.1, -0.05) is 18.2 Å². The molecule has 0 atom stereocenters. The lowest BCUT2D eigenvalue weighted by Gasteiger charge is -2.17. The maximum atomic E-state index is 13.0. The minimum Gasteiger partial charge on any atom is -0.322 e. The van der Waals surface area contributed by atoms with E-state index in [2.05, 4.69) is 26.7 Å². The number of nitriles is 2. The zero-order valence-electron chi connectivity index (χ0n) is 19.2. The average Bonchev–Trinajstić information content (AvgIpc) is 3.25. The van der Waals surface area contributed by atoms with E-state index in [4.69, 9.17) is 0 Å². The number of fused-ring (bicyclic) bond motifs is 1. The lowest BCUT2D eigenvalue weighted by atomic mass is 9.85. The summed E-state index contributed by atoms with van der Waals surface area (Å²) >= 11 is 1.10. The summed E-state index contributed by atoms with van der Waals surface area (Å²) in [7, 11) is 0. The molecule has 0 spiro atoms. The highest BCUT2D eigenvalue weighted by Gasteiger charge is 2.22. The number of rotatable bonds is 5. The predicted octanol–water partition coefficient (Wildman–Crippen LogP) is 5.18. The molecule has 0 saturated carbocycles. The minimum atomic E-state index is -0.725. The van der Waals surface area contributed by atoms with Gasteiger partial charge < -0.3 is 10.6 Å². The van der Waals surface area contributed by atoms with E-state index < -0.39 is 11.3 Å². The number of benzene rings is 2. The lowest BCUT2D eigenvalue weighted by Crippen LogP contribution is -2.17. The summed E-state index contributed by atoms with van der Waals surface area (Å²) in [6.07, 6.45) is 2.99. The largest absolute Gasteiger partial charge is 0.322 e. The molecule has 2 N–H and O–H groups in total. The maximum absolute atomic E-state index is 13.0. The molecular weight excluding hydrogens is 460 g/mol. The molecule has 2 aromatic carbocycles. The van der Waals surface area contributed by atoms with Crippen LogP contribution in [0.1, 0.15) is 50.6 Å². The van der Waals surface area contributed by atoms with Crippen LogP contribution in [0.25, 0.3) is 10.3 Å². The Morgan fingerprint density at radius 3 is 2.51 bits per heavy atom. The standard InChI is InChI=1S/C26H20N6O2S/c1-15-7-8-18(31-23(33)16-5-4-6-17(11-16)26(2,3)14-28)12-20(15)32-24(34)22-19(13-27)21-25(35-22)30-10-9-29-21/h4-12H,1-3H3,(H,31,33)(H,32,34). The number of amides is 2. The third-order valence-corrected chi connectivity index (χ3v) is 6.60. The van der Waals surface area contributed by atoms with Crippen molar-refractivity contribution in [1.29, 1.82) is 10.5 Å². The van der Waals surface area contributed by atoms with Gasteiger partial charge in [-0.05, 0) is 56.2 Å². The number of nitrogens with zero attached hydrogens (tertiary/aromatic N) is 4. The van der Waals surface area contributed by atoms with Gasteiger partial charge >= 0.3 is 0 Å². The van der Waals surface area contributed by atoms with Gasteiger partial charge in [-0.15, -0.1) is 11.3 Å². The molecule has 35 heavy (non-hydrogen) atoms. The summed E-state index contributed by atoms with van der Waals surface area (Å²) in [6, 6.07) is 16.4. The molecule has 0 unspecified atom stereocenters. The van der Waals surface area contributed by atoms with E-state index in [-0.39, 0.29) is 16.3 Å². The number of carbonyl (C=O) groups is 2. The molecule has 0 aliphatic heterocycles. The zero-order chi connectivity index (χ0) is 25.2. The van der Waals surface area contributed by atoms with Crippen molar-refractivity contribution < 1.29 is 9.59 Å². The smallest absolute Gasteiger partial charge is 0.267 e. The van der Waals surface area contributed by atoms with Crippen molar-refractivity contribution >= 4 is 44.9 Å². The highest BCUT2D eigenvalue weighted by Crippen LogP contribution is 2.29. The monoisotopic (exact) mass is 480 g/mol. The van der Waals surface area contributed by atoms with Gasteiger partial charge in [-0.25, -0.2) is 4.98 Å². The minimum absolute atomic E-state index is 0.179. The van der Waals surface area contributed by atoms with Crippen molar-refractivity contribution in [2.75, 3.05) is 10.6 Å². The highest BCUT2D eigenvalue weighted by molar-refractivity contribution is 7.20. The molecule has 0 bridgehead atoms. The van der Waals surface area contributed by atoms with Gasteiger partial charge in [0.05, 0.1) is 11.5 Å². The Morgan fingerprint density at radius 2 is 1.77 bits per heavy atom. The quantitative estimate of drug-likeness (QED) is 0.405. The van der Waals surface area contributed by atoms with E-state index in [0.717, 1.165) is 22.5 Å². The summed E-state index contributed by atoms with van der Waals surface area (Å²) < 4.78 is 0. The molecular formula is C26H20N6O2S. The van der Waals surface area contributed by atoms with Crippen LogP contribution in [0.5, 0.6) is 0 Å². The van der Waals surface area contributed by atoms with E-state index in [1.54, 1.807) is 50.2 Å². The first-order valence-corrected chi connectivity index (χ1v) is 11.4. The molecule has 2 amide bonds. The number of hydrogen-bond donors (Lipinski definition) is 2. The second-order valence-corrected chi connectivity index (χ2v) is 9.38. The Labute approximate surface area is 205 Å². The van der Waals surface area contributed by atoms with Crippen LogP contribution in [0.2, 0.25) is 0 Å². The van der Waals surface area contributed by atoms with E-state index in [9.17, 15) is 20.1 Å². The fraction of sp³-hybridized carbons (Fsp3) is 0.154. The number of aryl methyl sites for hydroxylation is 1. The zero-order valence-corrected chi connectivity index (χ0v) is 20.0. The van der Waals surface area contributed by atoms with Gasteiger partial charge in [0, 0.05) is 29.3 Å². The highest BCUT2D eigenvalue weighted by atomic mass is 32.1. The molecule has 0 saturated heterocycles. The van der Waals surface area contributed by atoms with Crippen LogP contribution < -0.4 is 10.6 Å². The fourth-order valence-electron chi connectivity index (χ4n) is 3.42. The Balaban J connectivity index is 1.57. The summed E-state index contributed by atoms with van der Waals surface area (Å²) in [5, 5.41) is 24.6. The number of carbonyl (C=O) groups excluding carboxylic acids is 2. The Kier molecular flexibility index (Phi) is 6.28. The summed E-state index contributed by atoms with van der Waals surface area (Å²) in [5.41, 5.74) is 2.77. The van der Waals surface area contributed by atoms with Crippen molar-refractivity contribution in [1.82, 2.24) is 9.97 Å². The second kappa shape index (κ2) is 9.34. The third kappa shape index (κ3) is 4.72. The third-order valence-electron chi connectivity index (χ3n) is 5.51. The van der Waals surface area contributed by atoms with Gasteiger partial charge in [0.2, 0.25) is 0 Å². The van der Waals surface area contributed by atoms with Crippen molar-refractivity contribution in [3.8, 4) is 12.1 Å². The maximum Gasteiger partial charge on any atom is 0.267 e. The number of nitrogens with one attached hydrogen (secondary N) is 2. The molecule has 0 aliphatic carbocycles. The van der Waals surface area contributed by atoms with E-state index >= 15 is 0 Å². The second-order valence-electron chi connectivity index (χ2n) is 8.38. The summed E-state index contributed by atoms with van der Waals surface area (Å²) in [6.45, 7) is 5.41. The van der Waals surface area contributed by atoms with Crippen LogP contribution in [0.3, 0.4) is 0 Å². The van der Waals surface area contributed by atoms with Crippen LogP contribution in [-0.2, 0) is 5.41 Å². The van der Waals surface area contributed by atoms with Crippen molar-refractivity contribution in [2.45, 2.75) is 26.2 Å². The lowest BCUT2D eigenvalue weighted by molar-refractivity contribution is 0.102.